The van der Waals surface area contributed by atoms with Gasteiger partial charge < -0.3 is 24.3 Å². The van der Waals surface area contributed by atoms with E-state index in [9.17, 15) is 14.4 Å². The summed E-state index contributed by atoms with van der Waals surface area (Å²) >= 11 is 0. The fourth-order valence-corrected chi connectivity index (χ4v) is 3.05. The van der Waals surface area contributed by atoms with Crippen molar-refractivity contribution in [3.8, 4) is 0 Å². The van der Waals surface area contributed by atoms with Crippen molar-refractivity contribution in [1.29, 1.82) is 0 Å². The monoisotopic (exact) mass is 495 g/mol. The van der Waals surface area contributed by atoms with Crippen LogP contribution in [0.1, 0.15) is 38.3 Å². The van der Waals surface area contributed by atoms with Gasteiger partial charge in [0.2, 0.25) is 5.91 Å². The van der Waals surface area contributed by atoms with Gasteiger partial charge in [0.15, 0.2) is 0 Å². The fourth-order valence-electron chi connectivity index (χ4n) is 3.05. The summed E-state index contributed by atoms with van der Waals surface area (Å²) in [6.45, 7) is 6.98. The molecule has 0 radical (unpaired) electrons. The molecule has 0 saturated heterocycles. The van der Waals surface area contributed by atoms with Crippen molar-refractivity contribution in [3.63, 3.8) is 0 Å². The summed E-state index contributed by atoms with van der Waals surface area (Å²) in [4.78, 5) is 35.8. The number of ether oxygens (including phenoxy) is 4. The molecule has 0 aliphatic carbocycles. The van der Waals surface area contributed by atoms with Gasteiger partial charge in [0.05, 0.1) is 72.1 Å². The number of hydrogen-bond acceptors (Lipinski definition) is 9. The van der Waals surface area contributed by atoms with Crippen LogP contribution < -0.4 is 5.32 Å². The first-order valence-electron chi connectivity index (χ1n) is 12.1. The van der Waals surface area contributed by atoms with E-state index in [1.165, 1.54) is 12.2 Å². The van der Waals surface area contributed by atoms with Crippen molar-refractivity contribution >= 4 is 17.7 Å². The molecule has 0 fully saturated rings. The zero-order valence-corrected chi connectivity index (χ0v) is 20.5. The second-order valence-electron chi connectivity index (χ2n) is 7.83. The first-order valence-corrected chi connectivity index (χ1v) is 12.1. The molecule has 35 heavy (non-hydrogen) atoms. The number of aromatic nitrogens is 3. The molecule has 0 atom stereocenters. The Morgan fingerprint density at radius 1 is 0.886 bits per heavy atom. The van der Waals surface area contributed by atoms with Crippen molar-refractivity contribution in [2.45, 2.75) is 45.7 Å². The van der Waals surface area contributed by atoms with Crippen LogP contribution in [0.3, 0.4) is 0 Å². The van der Waals surface area contributed by atoms with Crippen LogP contribution in [0.5, 0.6) is 0 Å². The second-order valence-corrected chi connectivity index (χ2v) is 7.83. The van der Waals surface area contributed by atoms with Crippen LogP contribution >= 0.6 is 0 Å². The van der Waals surface area contributed by atoms with Crippen molar-refractivity contribution < 1.29 is 33.3 Å². The van der Waals surface area contributed by atoms with Gasteiger partial charge in [-0.15, -0.1) is 5.10 Å². The lowest BCUT2D eigenvalue weighted by molar-refractivity contribution is -0.137. The van der Waals surface area contributed by atoms with Crippen LogP contribution in [0.25, 0.3) is 0 Å². The van der Waals surface area contributed by atoms with Crippen LogP contribution in [-0.2, 0) is 46.4 Å². The average Bonchev–Trinajstić information content (AvgIpc) is 3.43. The third kappa shape index (κ3) is 12.6. The maximum atomic E-state index is 11.6. The molecule has 12 heteroatoms. The third-order valence-corrected chi connectivity index (χ3v) is 4.96. The first-order chi connectivity index (χ1) is 17.1. The Morgan fingerprint density at radius 2 is 1.49 bits per heavy atom. The number of nitrogens with one attached hydrogen (secondary N) is 1. The van der Waals surface area contributed by atoms with Crippen molar-refractivity contribution in [2.75, 3.05) is 59.4 Å². The van der Waals surface area contributed by atoms with Gasteiger partial charge in [0, 0.05) is 25.1 Å². The number of carbonyl (C=O) groups is 3. The number of carbonyl (C=O) groups excluding carboxylic acids is 3. The smallest absolute Gasteiger partial charge is 0.253 e. The minimum absolute atomic E-state index is 0.0225. The molecule has 0 saturated carbocycles. The number of unbranched alkanes of at least 4 members (excludes halogenated alkanes) is 2. The largest absolute Gasteiger partial charge is 0.379 e. The van der Waals surface area contributed by atoms with E-state index in [1.807, 2.05) is 0 Å². The van der Waals surface area contributed by atoms with Crippen LogP contribution in [0.15, 0.2) is 18.3 Å². The lowest BCUT2D eigenvalue weighted by atomic mass is 10.2. The number of nitrogens with zero attached hydrogens (tertiary/aromatic N) is 4. The summed E-state index contributed by atoms with van der Waals surface area (Å²) in [5.41, 5.74) is 0.535. The predicted molar refractivity (Wildman–Crippen MR) is 125 cm³/mol. The second kappa shape index (κ2) is 17.7. The van der Waals surface area contributed by atoms with Crippen LogP contribution in [0, 0.1) is 0 Å². The zero-order chi connectivity index (χ0) is 25.1. The molecule has 0 bridgehead atoms. The van der Waals surface area contributed by atoms with E-state index < -0.39 is 0 Å². The molecule has 1 aromatic heterocycles. The molecule has 2 heterocycles. The van der Waals surface area contributed by atoms with Crippen molar-refractivity contribution in [3.05, 3.63) is 24.0 Å². The average molecular weight is 496 g/mol. The van der Waals surface area contributed by atoms with Crippen LogP contribution in [-0.4, -0.2) is 97.0 Å². The summed E-state index contributed by atoms with van der Waals surface area (Å²) in [6.07, 6.45) is 7.81. The van der Waals surface area contributed by atoms with Gasteiger partial charge in [-0.25, -0.2) is 4.68 Å². The summed E-state index contributed by atoms with van der Waals surface area (Å²) in [5, 5.41) is 10.8. The van der Waals surface area contributed by atoms with E-state index in [-0.39, 0.29) is 24.3 Å². The maximum absolute atomic E-state index is 11.6. The molecular formula is C23H37N5O7. The lowest BCUT2D eigenvalue weighted by Crippen LogP contribution is -2.29. The highest BCUT2D eigenvalue weighted by atomic mass is 16.6. The van der Waals surface area contributed by atoms with Gasteiger partial charge in [0.1, 0.15) is 5.69 Å². The minimum Gasteiger partial charge on any atom is -0.379 e. The predicted octanol–water partition coefficient (Wildman–Crippen LogP) is 0.466. The summed E-state index contributed by atoms with van der Waals surface area (Å²) < 4.78 is 23.4. The Labute approximate surface area is 205 Å². The van der Waals surface area contributed by atoms with Gasteiger partial charge in [-0.3, -0.25) is 19.3 Å². The molecule has 1 aliphatic rings. The Balaban J connectivity index is 1.33. The van der Waals surface area contributed by atoms with E-state index in [0.29, 0.717) is 71.5 Å². The summed E-state index contributed by atoms with van der Waals surface area (Å²) in [7, 11) is 0. The van der Waals surface area contributed by atoms with Crippen molar-refractivity contribution in [2.24, 2.45) is 0 Å². The molecule has 1 aliphatic heterocycles. The van der Waals surface area contributed by atoms with E-state index in [0.717, 1.165) is 30.7 Å². The standard InChI is InChI=1S/C23H37N5O7/c1-2-3-4-8-24-21(29)7-10-32-12-14-34-16-17-35-15-13-33-11-9-27-18-20(25-26-27)19-28-22(30)5-6-23(28)31/h5-6,18H,2-4,7-17,19H2,1H3,(H,24,29). The molecule has 0 unspecified atom stereocenters. The normalized spacial score (nSPS) is 13.2. The quantitative estimate of drug-likeness (QED) is 0.191. The Kier molecular flexibility index (Phi) is 14.5. The SMILES string of the molecule is CCCCCNC(=O)CCOCCOCCOCCOCCn1cc(CN2C(=O)C=CC2=O)nn1. The topological polar surface area (TPSA) is 134 Å². The van der Waals surface area contributed by atoms with Crippen LogP contribution in [0.2, 0.25) is 0 Å². The zero-order valence-electron chi connectivity index (χ0n) is 20.5. The van der Waals surface area contributed by atoms with E-state index >= 15 is 0 Å². The molecule has 196 valence electrons. The highest BCUT2D eigenvalue weighted by Crippen LogP contribution is 2.08. The maximum Gasteiger partial charge on any atom is 0.253 e. The minimum atomic E-state index is -0.346. The van der Waals surface area contributed by atoms with Gasteiger partial charge in [0.25, 0.3) is 11.8 Å². The molecule has 1 aromatic rings. The summed E-state index contributed by atoms with van der Waals surface area (Å²) in [6, 6.07) is 0. The molecule has 12 nitrogen and oxygen atoms in total. The lowest BCUT2D eigenvalue weighted by Gasteiger charge is -2.10. The third-order valence-electron chi connectivity index (χ3n) is 4.96. The van der Waals surface area contributed by atoms with Crippen molar-refractivity contribution in [1.82, 2.24) is 25.2 Å². The highest BCUT2D eigenvalue weighted by molar-refractivity contribution is 6.12. The van der Waals surface area contributed by atoms with E-state index in [1.54, 1.807) is 10.9 Å². The molecule has 2 rings (SSSR count). The molecule has 3 amide bonds. The van der Waals surface area contributed by atoms with Gasteiger partial charge in [-0.05, 0) is 6.42 Å². The Morgan fingerprint density at radius 3 is 2.11 bits per heavy atom. The molecule has 0 spiro atoms. The van der Waals surface area contributed by atoms with Crippen LogP contribution in [0.4, 0.5) is 0 Å². The molecular weight excluding hydrogens is 458 g/mol. The number of imide groups is 1. The first kappa shape index (κ1) is 28.6. The molecule has 1 N–H and O–H groups in total. The molecule has 0 aromatic carbocycles. The van der Waals surface area contributed by atoms with Gasteiger partial charge in [-0.2, -0.15) is 0 Å². The van der Waals surface area contributed by atoms with Gasteiger partial charge in [-0.1, -0.05) is 25.0 Å². The number of rotatable bonds is 21. The van der Waals surface area contributed by atoms with E-state index in [4.69, 9.17) is 18.9 Å². The Hall–Kier alpha value is -2.67. The Bertz CT molecular complexity index is 781. The summed E-state index contributed by atoms with van der Waals surface area (Å²) in [5.74, 6) is -0.670. The number of hydrogen-bond donors (Lipinski definition) is 1. The highest BCUT2D eigenvalue weighted by Gasteiger charge is 2.24. The van der Waals surface area contributed by atoms with Gasteiger partial charge >= 0.3 is 0 Å². The fraction of sp³-hybridized carbons (Fsp3) is 0.696. The van der Waals surface area contributed by atoms with E-state index in [2.05, 4.69) is 22.6 Å². The number of amides is 3.